The van der Waals surface area contributed by atoms with E-state index in [4.69, 9.17) is 9.47 Å². The monoisotopic (exact) mass is 404 g/mol. The Hall–Kier alpha value is -3.80. The van der Waals surface area contributed by atoms with Crippen molar-refractivity contribution in [3.8, 4) is 11.5 Å². The molecule has 0 radical (unpaired) electrons. The highest BCUT2D eigenvalue weighted by Crippen LogP contribution is 2.25. The first-order valence-corrected chi connectivity index (χ1v) is 9.54. The minimum atomic E-state index is -0.355. The third kappa shape index (κ3) is 5.85. The van der Waals surface area contributed by atoms with E-state index >= 15 is 0 Å². The minimum Gasteiger partial charge on any atom is -0.495 e. The molecule has 0 aliphatic heterocycles. The van der Waals surface area contributed by atoms with Crippen molar-refractivity contribution in [1.82, 2.24) is 5.32 Å². The molecule has 6 heteroatoms. The molecule has 0 bridgehead atoms. The number of benzene rings is 3. The van der Waals surface area contributed by atoms with Crippen LogP contribution in [0.25, 0.3) is 0 Å². The van der Waals surface area contributed by atoms with E-state index in [1.165, 1.54) is 7.11 Å². The Kier molecular flexibility index (Phi) is 7.05. The lowest BCUT2D eigenvalue weighted by Gasteiger charge is -2.12. The summed E-state index contributed by atoms with van der Waals surface area (Å²) >= 11 is 0. The van der Waals surface area contributed by atoms with E-state index < -0.39 is 0 Å². The van der Waals surface area contributed by atoms with Gasteiger partial charge in [-0.15, -0.1) is 0 Å². The molecule has 2 N–H and O–H groups in total. The highest BCUT2D eigenvalue weighted by molar-refractivity contribution is 6.00. The van der Waals surface area contributed by atoms with Gasteiger partial charge < -0.3 is 20.1 Å². The fourth-order valence-corrected chi connectivity index (χ4v) is 2.84. The first-order chi connectivity index (χ1) is 14.5. The van der Waals surface area contributed by atoms with E-state index in [9.17, 15) is 9.59 Å². The van der Waals surface area contributed by atoms with E-state index in [0.29, 0.717) is 29.4 Å². The molecule has 6 nitrogen and oxygen atoms in total. The van der Waals surface area contributed by atoms with Crippen molar-refractivity contribution < 1.29 is 19.1 Å². The zero-order valence-electron chi connectivity index (χ0n) is 17.0. The van der Waals surface area contributed by atoms with Gasteiger partial charge in [-0.05, 0) is 48.4 Å². The van der Waals surface area contributed by atoms with E-state index in [2.05, 4.69) is 10.6 Å². The molecule has 3 rings (SSSR count). The summed E-state index contributed by atoms with van der Waals surface area (Å²) in [5, 5.41) is 5.38. The van der Waals surface area contributed by atoms with Crippen LogP contribution in [-0.4, -0.2) is 25.5 Å². The number of rotatable bonds is 8. The number of hydrogen-bond acceptors (Lipinski definition) is 4. The van der Waals surface area contributed by atoms with Gasteiger partial charge in [0.2, 0.25) is 5.91 Å². The third-order valence-corrected chi connectivity index (χ3v) is 4.38. The van der Waals surface area contributed by atoms with Gasteiger partial charge in [-0.3, -0.25) is 9.59 Å². The normalized spacial score (nSPS) is 10.2. The second-order valence-electron chi connectivity index (χ2n) is 6.74. The maximum atomic E-state index is 12.4. The van der Waals surface area contributed by atoms with Crippen molar-refractivity contribution in [2.75, 3.05) is 19.0 Å². The molecule has 0 aromatic heterocycles. The van der Waals surface area contributed by atoms with Crippen LogP contribution in [0.15, 0.2) is 72.8 Å². The van der Waals surface area contributed by atoms with Crippen molar-refractivity contribution in [2.45, 2.75) is 13.5 Å². The predicted molar refractivity (Wildman–Crippen MR) is 116 cm³/mol. The summed E-state index contributed by atoms with van der Waals surface area (Å²) in [4.78, 5) is 24.7. The summed E-state index contributed by atoms with van der Waals surface area (Å²) in [6.45, 7) is 2.17. The summed E-state index contributed by atoms with van der Waals surface area (Å²) in [5.74, 6) is 0.444. The molecular formula is C24H24N2O4. The fourth-order valence-electron chi connectivity index (χ4n) is 2.84. The maximum Gasteiger partial charge on any atom is 0.251 e. The van der Waals surface area contributed by atoms with E-state index in [-0.39, 0.29) is 18.4 Å². The molecule has 0 unspecified atom stereocenters. The number of nitrogens with one attached hydrogen (secondary N) is 2. The second kappa shape index (κ2) is 10.1. The Bertz CT molecular complexity index is 1020. The number of ether oxygens (including phenoxy) is 2. The van der Waals surface area contributed by atoms with Crippen LogP contribution < -0.4 is 20.1 Å². The van der Waals surface area contributed by atoms with Crippen LogP contribution in [0.4, 0.5) is 5.69 Å². The Morgan fingerprint density at radius 3 is 2.50 bits per heavy atom. The summed E-state index contributed by atoms with van der Waals surface area (Å²) in [7, 11) is 1.54. The van der Waals surface area contributed by atoms with Crippen molar-refractivity contribution in [1.29, 1.82) is 0 Å². The lowest BCUT2D eigenvalue weighted by molar-refractivity contribution is -0.115. The molecule has 0 atom stereocenters. The van der Waals surface area contributed by atoms with E-state index in [1.807, 2.05) is 49.4 Å². The zero-order valence-corrected chi connectivity index (χ0v) is 17.0. The first kappa shape index (κ1) is 20.9. The van der Waals surface area contributed by atoms with Gasteiger partial charge in [0.05, 0.1) is 19.3 Å². The highest BCUT2D eigenvalue weighted by Gasteiger charge is 2.11. The smallest absolute Gasteiger partial charge is 0.251 e. The number of hydrogen-bond donors (Lipinski definition) is 2. The van der Waals surface area contributed by atoms with Crippen molar-refractivity contribution in [3.05, 3.63) is 89.5 Å². The minimum absolute atomic E-state index is 0.162. The lowest BCUT2D eigenvalue weighted by atomic mass is 10.2. The van der Waals surface area contributed by atoms with Crippen LogP contribution >= 0.6 is 0 Å². The maximum absolute atomic E-state index is 12.4. The van der Waals surface area contributed by atoms with Crippen molar-refractivity contribution in [2.24, 2.45) is 0 Å². The molecule has 0 heterocycles. The van der Waals surface area contributed by atoms with Gasteiger partial charge in [0.15, 0.2) is 0 Å². The van der Waals surface area contributed by atoms with Gasteiger partial charge in [0.25, 0.3) is 5.91 Å². The van der Waals surface area contributed by atoms with Crippen molar-refractivity contribution >= 4 is 17.5 Å². The molecule has 0 fully saturated rings. The standard InChI is InChI=1S/C24H24N2O4/c1-17-11-12-22(29-2)21(13-17)26-23(27)15-25-24(28)19-9-6-10-20(14-19)30-16-18-7-4-3-5-8-18/h3-14H,15-16H2,1-2H3,(H,25,28)(H,26,27). The zero-order chi connectivity index (χ0) is 21.3. The quantitative estimate of drug-likeness (QED) is 0.596. The number of anilines is 1. The molecule has 0 spiro atoms. The Morgan fingerprint density at radius 1 is 0.933 bits per heavy atom. The Labute approximate surface area is 175 Å². The number of carbonyl (C=O) groups excluding carboxylic acids is 2. The van der Waals surface area contributed by atoms with Crippen LogP contribution in [0.2, 0.25) is 0 Å². The average molecular weight is 404 g/mol. The van der Waals surface area contributed by atoms with Crippen LogP contribution in [0.5, 0.6) is 11.5 Å². The molecular weight excluding hydrogens is 380 g/mol. The SMILES string of the molecule is COc1ccc(C)cc1NC(=O)CNC(=O)c1cccc(OCc2ccccc2)c1. The van der Waals surface area contributed by atoms with E-state index in [1.54, 1.807) is 30.3 Å². The molecule has 0 aliphatic rings. The number of amides is 2. The van der Waals surface area contributed by atoms with Crippen LogP contribution in [0, 0.1) is 6.92 Å². The second-order valence-corrected chi connectivity index (χ2v) is 6.74. The van der Waals surface area contributed by atoms with Crippen molar-refractivity contribution in [3.63, 3.8) is 0 Å². The Morgan fingerprint density at radius 2 is 1.73 bits per heavy atom. The highest BCUT2D eigenvalue weighted by atomic mass is 16.5. The Balaban J connectivity index is 1.54. The van der Waals surface area contributed by atoms with Gasteiger partial charge >= 0.3 is 0 Å². The summed E-state index contributed by atoms with van der Waals surface area (Å²) in [5.41, 5.74) is 3.01. The molecule has 3 aromatic rings. The first-order valence-electron chi connectivity index (χ1n) is 9.54. The molecule has 0 saturated heterocycles. The number of methoxy groups -OCH3 is 1. The molecule has 2 amide bonds. The molecule has 30 heavy (non-hydrogen) atoms. The van der Waals surface area contributed by atoms with Gasteiger partial charge in [-0.25, -0.2) is 0 Å². The average Bonchev–Trinajstić information content (AvgIpc) is 2.77. The lowest BCUT2D eigenvalue weighted by Crippen LogP contribution is -2.32. The number of carbonyl (C=O) groups is 2. The van der Waals surface area contributed by atoms with Crippen LogP contribution in [-0.2, 0) is 11.4 Å². The largest absolute Gasteiger partial charge is 0.495 e. The van der Waals surface area contributed by atoms with Gasteiger partial charge in [-0.2, -0.15) is 0 Å². The molecule has 0 aliphatic carbocycles. The topological polar surface area (TPSA) is 76.7 Å². The summed E-state index contributed by atoms with van der Waals surface area (Å²) in [6.07, 6.45) is 0. The van der Waals surface area contributed by atoms with Gasteiger partial charge in [-0.1, -0.05) is 42.5 Å². The molecule has 0 saturated carbocycles. The summed E-state index contributed by atoms with van der Waals surface area (Å²) in [6, 6.07) is 22.1. The predicted octanol–water partition coefficient (Wildman–Crippen LogP) is 3.95. The van der Waals surface area contributed by atoms with Gasteiger partial charge in [0, 0.05) is 5.56 Å². The summed E-state index contributed by atoms with van der Waals surface area (Å²) < 4.78 is 11.0. The number of aryl methyl sites for hydroxylation is 1. The molecule has 3 aromatic carbocycles. The van der Waals surface area contributed by atoms with Gasteiger partial charge in [0.1, 0.15) is 18.1 Å². The van der Waals surface area contributed by atoms with Crippen LogP contribution in [0.1, 0.15) is 21.5 Å². The van der Waals surface area contributed by atoms with Crippen LogP contribution in [0.3, 0.4) is 0 Å². The van der Waals surface area contributed by atoms with E-state index in [0.717, 1.165) is 11.1 Å². The molecule has 154 valence electrons. The fraction of sp³-hybridized carbons (Fsp3) is 0.167. The third-order valence-electron chi connectivity index (χ3n) is 4.38.